The summed E-state index contributed by atoms with van der Waals surface area (Å²) in [6, 6.07) is 0. The van der Waals surface area contributed by atoms with E-state index in [1.807, 2.05) is 0 Å². The molecule has 0 aliphatic heterocycles. The topological polar surface area (TPSA) is 114 Å². The first kappa shape index (κ1) is 14.7. The highest BCUT2D eigenvalue weighted by molar-refractivity contribution is 5.97. The van der Waals surface area contributed by atoms with Crippen LogP contribution in [0.5, 0.6) is 0 Å². The largest absolute Gasteiger partial charge is 0.405 e. The summed E-state index contributed by atoms with van der Waals surface area (Å²) < 4.78 is 39.7. The zero-order valence-electron chi connectivity index (χ0n) is 9.69. The lowest BCUT2D eigenvalue weighted by atomic mass is 10.3. The fourth-order valence-electron chi connectivity index (χ4n) is 1.07. The van der Waals surface area contributed by atoms with Gasteiger partial charge in [0.2, 0.25) is 17.4 Å². The van der Waals surface area contributed by atoms with E-state index in [1.54, 1.807) is 5.32 Å². The number of hydrogen-bond acceptors (Lipinski definition) is 6. The van der Waals surface area contributed by atoms with Gasteiger partial charge in [0, 0.05) is 7.05 Å². The molecule has 1 heterocycles. The zero-order valence-corrected chi connectivity index (χ0v) is 9.69. The second-order valence-corrected chi connectivity index (χ2v) is 3.55. The van der Waals surface area contributed by atoms with E-state index in [0.717, 1.165) is 4.90 Å². The Balaban J connectivity index is 2.51. The lowest BCUT2D eigenvalue weighted by Gasteiger charge is -2.15. The van der Waals surface area contributed by atoms with Crippen LogP contribution in [0.4, 0.5) is 19.0 Å². The maximum Gasteiger partial charge on any atom is 0.405 e. The lowest BCUT2D eigenvalue weighted by molar-refractivity contribution is -0.138. The summed E-state index contributed by atoms with van der Waals surface area (Å²) in [4.78, 5) is 23.6. The summed E-state index contributed by atoms with van der Waals surface area (Å²) in [6.07, 6.45) is -4.52. The number of carbonyl (C=O) groups excluding carboxylic acids is 2. The minimum Gasteiger partial charge on any atom is -0.379 e. The Morgan fingerprint density at radius 3 is 2.53 bits per heavy atom. The Hall–Kier alpha value is -2.33. The number of nitrogens with one attached hydrogen (secondary N) is 1. The summed E-state index contributed by atoms with van der Waals surface area (Å²) in [7, 11) is 1.20. The number of hydrogen-bond donors (Lipinski definition) is 2. The number of alkyl halides is 3. The molecule has 19 heavy (non-hydrogen) atoms. The monoisotopic (exact) mass is 281 g/mol. The highest BCUT2D eigenvalue weighted by atomic mass is 19.4. The molecule has 11 heteroatoms. The van der Waals surface area contributed by atoms with Gasteiger partial charge >= 0.3 is 6.18 Å². The van der Waals surface area contributed by atoms with E-state index < -0.39 is 31.1 Å². The highest BCUT2D eigenvalue weighted by Gasteiger charge is 2.28. The fourth-order valence-corrected chi connectivity index (χ4v) is 1.07. The molecule has 0 saturated heterocycles. The Morgan fingerprint density at radius 1 is 1.42 bits per heavy atom. The van der Waals surface area contributed by atoms with E-state index in [0.29, 0.717) is 0 Å². The van der Waals surface area contributed by atoms with Crippen LogP contribution in [-0.2, 0) is 4.79 Å². The Morgan fingerprint density at radius 2 is 2.05 bits per heavy atom. The molecule has 1 aromatic rings. The lowest BCUT2D eigenvalue weighted by Crippen LogP contribution is -2.41. The van der Waals surface area contributed by atoms with Gasteiger partial charge in [0.25, 0.3) is 5.91 Å². The summed E-state index contributed by atoms with van der Waals surface area (Å²) in [5, 5.41) is 8.00. The van der Waals surface area contributed by atoms with Crippen molar-refractivity contribution in [3.63, 3.8) is 0 Å². The maximum atomic E-state index is 11.8. The SMILES string of the molecule is CN(CC(=O)NCC(F)(F)F)C(=O)c1nonc1N. The summed E-state index contributed by atoms with van der Waals surface area (Å²) in [6.45, 7) is -2.05. The minimum atomic E-state index is -4.52. The predicted octanol–water partition coefficient (Wildman–Crippen LogP) is -0.598. The van der Waals surface area contributed by atoms with Crippen molar-refractivity contribution in [2.45, 2.75) is 6.18 Å². The average Bonchev–Trinajstić information content (AvgIpc) is 2.71. The first-order valence-corrected chi connectivity index (χ1v) is 4.87. The van der Waals surface area contributed by atoms with Gasteiger partial charge in [0.05, 0.1) is 6.54 Å². The molecular formula is C8H10F3N5O3. The van der Waals surface area contributed by atoms with Gasteiger partial charge in [0.15, 0.2) is 0 Å². The molecule has 0 spiro atoms. The smallest absolute Gasteiger partial charge is 0.379 e. The third-order valence-electron chi connectivity index (χ3n) is 1.93. The van der Waals surface area contributed by atoms with E-state index >= 15 is 0 Å². The molecule has 0 aliphatic rings. The third-order valence-corrected chi connectivity index (χ3v) is 1.93. The summed E-state index contributed by atoms with van der Waals surface area (Å²) in [5.41, 5.74) is 4.95. The maximum absolute atomic E-state index is 11.8. The highest BCUT2D eigenvalue weighted by Crippen LogP contribution is 2.12. The van der Waals surface area contributed by atoms with Gasteiger partial charge in [-0.05, 0) is 10.3 Å². The predicted molar refractivity (Wildman–Crippen MR) is 54.7 cm³/mol. The Kier molecular flexibility index (Phi) is 4.30. The fraction of sp³-hybridized carbons (Fsp3) is 0.500. The number of rotatable bonds is 4. The first-order chi connectivity index (χ1) is 8.70. The number of amides is 2. The molecule has 106 valence electrons. The quantitative estimate of drug-likeness (QED) is 0.761. The van der Waals surface area contributed by atoms with Crippen molar-refractivity contribution in [2.75, 3.05) is 25.9 Å². The molecule has 0 aromatic carbocycles. The van der Waals surface area contributed by atoms with E-state index in [-0.39, 0.29) is 11.5 Å². The van der Waals surface area contributed by atoms with E-state index in [9.17, 15) is 22.8 Å². The molecular weight excluding hydrogens is 271 g/mol. The summed E-state index contributed by atoms with van der Waals surface area (Å²) >= 11 is 0. The third kappa shape index (κ3) is 4.44. The van der Waals surface area contributed by atoms with Gasteiger partial charge in [-0.1, -0.05) is 0 Å². The summed E-state index contributed by atoms with van der Waals surface area (Å²) in [5.74, 6) is -2.03. The second-order valence-electron chi connectivity index (χ2n) is 3.55. The Bertz CT molecular complexity index is 472. The molecule has 0 fully saturated rings. The first-order valence-electron chi connectivity index (χ1n) is 4.87. The van der Waals surface area contributed by atoms with Gasteiger partial charge in [0.1, 0.15) is 6.54 Å². The van der Waals surface area contributed by atoms with Crippen molar-refractivity contribution in [1.82, 2.24) is 20.5 Å². The molecule has 2 amide bonds. The van der Waals surface area contributed by atoms with Crippen LogP contribution in [0.25, 0.3) is 0 Å². The molecule has 3 N–H and O–H groups in total. The molecule has 8 nitrogen and oxygen atoms in total. The van der Waals surface area contributed by atoms with Crippen molar-refractivity contribution < 1.29 is 27.4 Å². The van der Waals surface area contributed by atoms with Gasteiger partial charge in [-0.15, -0.1) is 0 Å². The molecule has 0 unspecified atom stereocenters. The number of nitrogens with two attached hydrogens (primary N) is 1. The number of aromatic nitrogens is 2. The molecule has 1 rings (SSSR count). The second kappa shape index (κ2) is 5.54. The zero-order chi connectivity index (χ0) is 14.6. The van der Waals surface area contributed by atoms with Crippen LogP contribution in [0.3, 0.4) is 0 Å². The van der Waals surface area contributed by atoms with Crippen LogP contribution >= 0.6 is 0 Å². The van der Waals surface area contributed by atoms with Crippen molar-refractivity contribution >= 4 is 17.6 Å². The van der Waals surface area contributed by atoms with Crippen LogP contribution in [0.15, 0.2) is 4.63 Å². The molecule has 0 bridgehead atoms. The van der Waals surface area contributed by atoms with Crippen LogP contribution in [0, 0.1) is 0 Å². The van der Waals surface area contributed by atoms with Crippen LogP contribution in [0.1, 0.15) is 10.5 Å². The van der Waals surface area contributed by atoms with Crippen LogP contribution < -0.4 is 11.1 Å². The van der Waals surface area contributed by atoms with Gasteiger partial charge in [-0.25, -0.2) is 4.63 Å². The van der Waals surface area contributed by atoms with Gasteiger partial charge in [-0.2, -0.15) is 13.2 Å². The average molecular weight is 281 g/mol. The van der Waals surface area contributed by atoms with Crippen LogP contribution in [-0.4, -0.2) is 53.3 Å². The van der Waals surface area contributed by atoms with Crippen LogP contribution in [0.2, 0.25) is 0 Å². The van der Waals surface area contributed by atoms with Crippen molar-refractivity contribution in [3.05, 3.63) is 5.69 Å². The minimum absolute atomic E-state index is 0.271. The number of likely N-dealkylation sites (N-methyl/N-ethyl adjacent to an activating group) is 1. The normalized spacial score (nSPS) is 11.2. The molecule has 0 radical (unpaired) electrons. The number of nitrogens with zero attached hydrogens (tertiary/aromatic N) is 3. The number of anilines is 1. The standard InChI is InChI=1S/C8H10F3N5O3/c1-16(2-4(17)13-3-8(9,10)11)7(18)5-6(12)15-19-14-5/h2-3H2,1H3,(H2,12,15)(H,13,17). The van der Waals surface area contributed by atoms with Crippen molar-refractivity contribution in [1.29, 1.82) is 0 Å². The molecule has 0 saturated carbocycles. The molecule has 0 atom stereocenters. The van der Waals surface area contributed by atoms with Gasteiger partial charge in [-0.3, -0.25) is 9.59 Å². The van der Waals surface area contributed by atoms with Crippen molar-refractivity contribution in [3.8, 4) is 0 Å². The van der Waals surface area contributed by atoms with E-state index in [1.165, 1.54) is 7.05 Å². The number of halogens is 3. The number of carbonyl (C=O) groups is 2. The van der Waals surface area contributed by atoms with Gasteiger partial charge < -0.3 is 16.0 Å². The van der Waals surface area contributed by atoms with E-state index in [4.69, 9.17) is 5.73 Å². The Labute approximate surface area is 104 Å². The van der Waals surface area contributed by atoms with Crippen molar-refractivity contribution in [2.24, 2.45) is 0 Å². The van der Waals surface area contributed by atoms with E-state index in [2.05, 4.69) is 14.9 Å². The number of nitrogen functional groups attached to an aromatic ring is 1. The molecule has 1 aromatic heterocycles. The molecule has 0 aliphatic carbocycles.